The van der Waals surface area contributed by atoms with Crippen molar-refractivity contribution in [2.75, 3.05) is 0 Å². The molecule has 0 unspecified atom stereocenters. The summed E-state index contributed by atoms with van der Waals surface area (Å²) in [5.74, 6) is 0.639. The molecule has 0 heterocycles. The van der Waals surface area contributed by atoms with Crippen LogP contribution in [-0.4, -0.2) is 0 Å². The fraction of sp³-hybridized carbons (Fsp3) is 0.120. The maximum absolute atomic E-state index is 2.37. The normalized spacial score (nSPS) is 16.2. The van der Waals surface area contributed by atoms with Crippen LogP contribution < -0.4 is 0 Å². The molecule has 1 heteroatoms. The van der Waals surface area contributed by atoms with Crippen LogP contribution in [0.1, 0.15) is 18.1 Å². The highest BCUT2D eigenvalue weighted by atomic mass is 127. The zero-order valence-corrected chi connectivity index (χ0v) is 16.8. The van der Waals surface area contributed by atoms with Crippen LogP contribution in [0.15, 0.2) is 72.8 Å². The van der Waals surface area contributed by atoms with Crippen molar-refractivity contribution in [1.82, 2.24) is 0 Å². The van der Waals surface area contributed by atoms with Gasteiger partial charge in [0.25, 0.3) is 0 Å². The molecule has 0 N–H and O–H groups in total. The smallest absolute Gasteiger partial charge is 0.0136 e. The average Bonchev–Trinajstić information content (AvgIpc) is 2.66. The van der Waals surface area contributed by atoms with E-state index in [4.69, 9.17) is 0 Å². The summed E-state index contributed by atoms with van der Waals surface area (Å²) in [6.45, 7) is 2.29. The van der Waals surface area contributed by atoms with E-state index in [1.54, 1.807) is 0 Å². The van der Waals surface area contributed by atoms with Gasteiger partial charge < -0.3 is 0 Å². The summed E-state index contributed by atoms with van der Waals surface area (Å²) < 4.78 is 1.28. The van der Waals surface area contributed by atoms with Gasteiger partial charge in [0.15, 0.2) is 0 Å². The first-order chi connectivity index (χ1) is 12.7. The van der Waals surface area contributed by atoms with E-state index in [0.717, 1.165) is 6.42 Å². The summed E-state index contributed by atoms with van der Waals surface area (Å²) in [5, 5.41) is 5.29. The van der Waals surface area contributed by atoms with Crippen LogP contribution in [0, 0.1) is 9.49 Å². The lowest BCUT2D eigenvalue weighted by molar-refractivity contribution is 0.718. The summed E-state index contributed by atoms with van der Waals surface area (Å²) in [7, 11) is 0. The Morgan fingerprint density at radius 3 is 2.35 bits per heavy atom. The predicted octanol–water partition coefficient (Wildman–Crippen LogP) is 7.47. The molecule has 0 nitrogen and oxygen atoms in total. The van der Waals surface area contributed by atoms with Crippen molar-refractivity contribution < 1.29 is 0 Å². The molecule has 1 aliphatic carbocycles. The standard InChI is InChI=1S/C25H19I/c1-16-2-10-24-21(12-16)5-6-22-14-19(8-11-25(22)24)17-3-4-20-15-23(26)9-7-18(20)13-17/h2-11,13-16H,12H2,1H3/t16-/m0/s1. The molecule has 4 aromatic rings. The van der Waals surface area contributed by atoms with Crippen molar-refractivity contribution in [2.24, 2.45) is 5.92 Å². The Hall–Kier alpha value is -2.13. The molecule has 0 radical (unpaired) electrons. The van der Waals surface area contributed by atoms with Gasteiger partial charge in [-0.15, -0.1) is 0 Å². The van der Waals surface area contributed by atoms with Gasteiger partial charge in [-0.3, -0.25) is 0 Å². The van der Waals surface area contributed by atoms with Crippen LogP contribution in [0.5, 0.6) is 0 Å². The van der Waals surface area contributed by atoms with Gasteiger partial charge >= 0.3 is 0 Å². The molecule has 0 bridgehead atoms. The molecule has 0 spiro atoms. The lowest BCUT2D eigenvalue weighted by atomic mass is 9.87. The number of halogens is 1. The van der Waals surface area contributed by atoms with Gasteiger partial charge in [0.1, 0.15) is 0 Å². The first-order valence-electron chi connectivity index (χ1n) is 9.11. The van der Waals surface area contributed by atoms with Gasteiger partial charge in [-0.05, 0) is 103 Å². The third-order valence-electron chi connectivity index (χ3n) is 5.42. The van der Waals surface area contributed by atoms with Gasteiger partial charge in [-0.2, -0.15) is 0 Å². The largest absolute Gasteiger partial charge is 0.0807 e. The van der Waals surface area contributed by atoms with Crippen molar-refractivity contribution in [3.8, 4) is 11.1 Å². The highest BCUT2D eigenvalue weighted by Gasteiger charge is 2.13. The lowest BCUT2D eigenvalue weighted by Gasteiger charge is -2.18. The van der Waals surface area contributed by atoms with Gasteiger partial charge in [0.2, 0.25) is 0 Å². The molecule has 126 valence electrons. The molecular formula is C25H19I. The Bertz CT molecular complexity index is 1180. The number of hydrogen-bond acceptors (Lipinski definition) is 0. The van der Waals surface area contributed by atoms with E-state index in [9.17, 15) is 0 Å². The minimum Gasteiger partial charge on any atom is -0.0807 e. The third kappa shape index (κ3) is 2.75. The van der Waals surface area contributed by atoms with Gasteiger partial charge in [-0.25, -0.2) is 0 Å². The molecule has 0 aliphatic heterocycles. The van der Waals surface area contributed by atoms with Gasteiger partial charge in [0.05, 0.1) is 0 Å². The quantitative estimate of drug-likeness (QED) is 0.266. The average molecular weight is 446 g/mol. The van der Waals surface area contributed by atoms with Crippen LogP contribution in [0.2, 0.25) is 0 Å². The SMILES string of the molecule is C[C@H]1C=Cc2c(ccc3cc(-c4ccc5cc(I)ccc5c4)ccc23)C1. The highest BCUT2D eigenvalue weighted by Crippen LogP contribution is 2.33. The van der Waals surface area contributed by atoms with Crippen LogP contribution in [0.4, 0.5) is 0 Å². The van der Waals surface area contributed by atoms with Crippen molar-refractivity contribution in [1.29, 1.82) is 0 Å². The number of hydrogen-bond donors (Lipinski definition) is 0. The summed E-state index contributed by atoms with van der Waals surface area (Å²) in [6.07, 6.45) is 5.79. The van der Waals surface area contributed by atoms with Crippen LogP contribution in [0.3, 0.4) is 0 Å². The number of fused-ring (bicyclic) bond motifs is 4. The molecule has 0 saturated carbocycles. The summed E-state index contributed by atoms with van der Waals surface area (Å²) in [6, 6.07) is 24.9. The van der Waals surface area contributed by atoms with E-state index in [1.807, 2.05) is 0 Å². The Kier molecular flexibility index (Phi) is 3.86. The maximum Gasteiger partial charge on any atom is 0.0136 e. The molecule has 4 aromatic carbocycles. The highest BCUT2D eigenvalue weighted by molar-refractivity contribution is 14.1. The van der Waals surface area contributed by atoms with Crippen LogP contribution >= 0.6 is 22.6 Å². The van der Waals surface area contributed by atoms with E-state index < -0.39 is 0 Å². The Labute approximate surface area is 167 Å². The molecule has 0 aromatic heterocycles. The minimum absolute atomic E-state index is 0.639. The lowest BCUT2D eigenvalue weighted by Crippen LogP contribution is -2.03. The molecular weight excluding hydrogens is 427 g/mol. The molecule has 0 fully saturated rings. The zero-order valence-electron chi connectivity index (χ0n) is 14.7. The second-order valence-corrected chi connectivity index (χ2v) is 8.57. The van der Waals surface area contributed by atoms with E-state index in [-0.39, 0.29) is 0 Å². The van der Waals surface area contributed by atoms with E-state index >= 15 is 0 Å². The van der Waals surface area contributed by atoms with Gasteiger partial charge in [0, 0.05) is 3.57 Å². The molecule has 1 atom stereocenters. The molecule has 5 rings (SSSR count). The number of allylic oxidation sites excluding steroid dienone is 1. The second kappa shape index (κ2) is 6.24. The van der Waals surface area contributed by atoms with Crippen LogP contribution in [-0.2, 0) is 6.42 Å². The first kappa shape index (κ1) is 16.1. The third-order valence-corrected chi connectivity index (χ3v) is 6.09. The zero-order chi connectivity index (χ0) is 17.7. The van der Waals surface area contributed by atoms with Crippen molar-refractivity contribution in [3.05, 3.63) is 87.5 Å². The second-order valence-electron chi connectivity index (χ2n) is 7.32. The molecule has 0 saturated heterocycles. The van der Waals surface area contributed by atoms with Crippen molar-refractivity contribution in [2.45, 2.75) is 13.3 Å². The monoisotopic (exact) mass is 446 g/mol. The van der Waals surface area contributed by atoms with Gasteiger partial charge in [-0.1, -0.05) is 61.5 Å². The number of rotatable bonds is 1. The van der Waals surface area contributed by atoms with Crippen molar-refractivity contribution in [3.63, 3.8) is 0 Å². The maximum atomic E-state index is 2.37. The van der Waals surface area contributed by atoms with E-state index in [2.05, 4.69) is 108 Å². The summed E-state index contributed by atoms with van der Waals surface area (Å²) in [5.41, 5.74) is 5.44. The van der Waals surface area contributed by atoms with E-state index in [0.29, 0.717) is 5.92 Å². The summed E-state index contributed by atoms with van der Waals surface area (Å²) >= 11 is 2.37. The minimum atomic E-state index is 0.639. The van der Waals surface area contributed by atoms with E-state index in [1.165, 1.54) is 47.4 Å². The van der Waals surface area contributed by atoms with Crippen molar-refractivity contribution >= 4 is 50.2 Å². The topological polar surface area (TPSA) is 0 Å². The fourth-order valence-corrected chi connectivity index (χ4v) is 4.54. The Morgan fingerprint density at radius 2 is 1.46 bits per heavy atom. The fourth-order valence-electron chi connectivity index (χ4n) is 4.02. The Morgan fingerprint density at radius 1 is 0.769 bits per heavy atom. The Balaban J connectivity index is 1.64. The van der Waals surface area contributed by atoms with Crippen LogP contribution in [0.25, 0.3) is 38.7 Å². The summed E-state index contributed by atoms with van der Waals surface area (Å²) in [4.78, 5) is 0. The molecule has 1 aliphatic rings. The molecule has 0 amide bonds. The molecule has 26 heavy (non-hydrogen) atoms. The number of benzene rings is 4. The predicted molar refractivity (Wildman–Crippen MR) is 122 cm³/mol. The first-order valence-corrected chi connectivity index (χ1v) is 10.2.